The fourth-order valence-electron chi connectivity index (χ4n) is 2.21. The highest BCUT2D eigenvalue weighted by molar-refractivity contribution is 5.93. The number of nitrogens with one attached hydrogen (secondary N) is 1. The molecular weight excluding hydrogens is 262 g/mol. The van der Waals surface area contributed by atoms with Crippen LogP contribution in [0.3, 0.4) is 0 Å². The van der Waals surface area contributed by atoms with E-state index in [4.69, 9.17) is 4.74 Å². The molecule has 110 valence electrons. The third kappa shape index (κ3) is 3.85. The van der Waals surface area contributed by atoms with E-state index < -0.39 is 0 Å². The van der Waals surface area contributed by atoms with Gasteiger partial charge in [-0.25, -0.2) is 0 Å². The second kappa shape index (κ2) is 6.44. The van der Waals surface area contributed by atoms with E-state index in [1.807, 2.05) is 37.3 Å². The van der Waals surface area contributed by atoms with Gasteiger partial charge < -0.3 is 10.1 Å². The molecule has 0 radical (unpaired) electrons. The van der Waals surface area contributed by atoms with Crippen molar-refractivity contribution in [3.8, 4) is 5.75 Å². The van der Waals surface area contributed by atoms with Gasteiger partial charge in [0.1, 0.15) is 5.75 Å². The van der Waals surface area contributed by atoms with Crippen LogP contribution in [-0.4, -0.2) is 13.0 Å². The maximum absolute atomic E-state index is 12.2. The first-order valence-corrected chi connectivity index (χ1v) is 7.00. The molecule has 1 N–H and O–H groups in total. The maximum atomic E-state index is 12.2. The van der Waals surface area contributed by atoms with Crippen LogP contribution in [0.15, 0.2) is 36.4 Å². The summed E-state index contributed by atoms with van der Waals surface area (Å²) in [7, 11) is 1.60. The van der Waals surface area contributed by atoms with Gasteiger partial charge in [-0.3, -0.25) is 4.79 Å². The lowest BCUT2D eigenvalue weighted by molar-refractivity contribution is -0.115. The molecule has 21 heavy (non-hydrogen) atoms. The summed E-state index contributed by atoms with van der Waals surface area (Å²) in [4.78, 5) is 12.2. The molecule has 0 fully saturated rings. The van der Waals surface area contributed by atoms with Gasteiger partial charge in [-0.05, 0) is 55.2 Å². The normalized spacial score (nSPS) is 10.3. The van der Waals surface area contributed by atoms with E-state index in [2.05, 4.69) is 25.2 Å². The van der Waals surface area contributed by atoms with Gasteiger partial charge in [0.15, 0.2) is 0 Å². The van der Waals surface area contributed by atoms with Gasteiger partial charge in [-0.2, -0.15) is 0 Å². The topological polar surface area (TPSA) is 38.3 Å². The predicted molar refractivity (Wildman–Crippen MR) is 86.0 cm³/mol. The number of carbonyl (C=O) groups excluding carboxylic acids is 1. The van der Waals surface area contributed by atoms with Crippen LogP contribution in [0.5, 0.6) is 5.75 Å². The average molecular weight is 283 g/mol. The Labute approximate surface area is 126 Å². The van der Waals surface area contributed by atoms with Crippen LogP contribution in [0.4, 0.5) is 5.69 Å². The van der Waals surface area contributed by atoms with E-state index in [1.165, 1.54) is 11.1 Å². The van der Waals surface area contributed by atoms with E-state index in [9.17, 15) is 4.79 Å². The summed E-state index contributed by atoms with van der Waals surface area (Å²) in [5.74, 6) is 0.635. The number of carbonyl (C=O) groups is 1. The van der Waals surface area contributed by atoms with Gasteiger partial charge in [-0.15, -0.1) is 0 Å². The molecule has 0 bridgehead atoms. The Hall–Kier alpha value is -2.29. The number of hydrogen-bond acceptors (Lipinski definition) is 2. The minimum Gasteiger partial charge on any atom is -0.495 e. The monoisotopic (exact) mass is 283 g/mol. The van der Waals surface area contributed by atoms with E-state index in [-0.39, 0.29) is 5.91 Å². The van der Waals surface area contributed by atoms with Gasteiger partial charge >= 0.3 is 0 Å². The molecule has 2 aromatic carbocycles. The lowest BCUT2D eigenvalue weighted by Gasteiger charge is -2.11. The summed E-state index contributed by atoms with van der Waals surface area (Å²) in [5.41, 5.74) is 5.25. The van der Waals surface area contributed by atoms with E-state index >= 15 is 0 Å². The van der Waals surface area contributed by atoms with Crippen molar-refractivity contribution in [3.63, 3.8) is 0 Å². The highest BCUT2D eigenvalue weighted by atomic mass is 16.5. The van der Waals surface area contributed by atoms with Gasteiger partial charge in [0.2, 0.25) is 5.91 Å². The molecule has 0 atom stereocenters. The first-order valence-electron chi connectivity index (χ1n) is 7.00. The fraction of sp³-hybridized carbons (Fsp3) is 0.278. The zero-order valence-electron chi connectivity index (χ0n) is 13.0. The standard InChI is InChI=1S/C18H21NO2/c1-12-5-8-17(21-4)16(9-12)19-18(20)11-15-7-6-13(2)14(3)10-15/h5-10H,11H2,1-4H3,(H,19,20). The number of anilines is 1. The number of ether oxygens (including phenoxy) is 1. The lowest BCUT2D eigenvalue weighted by atomic mass is 10.0. The molecule has 0 aliphatic heterocycles. The smallest absolute Gasteiger partial charge is 0.228 e. The molecule has 0 aliphatic rings. The van der Waals surface area contributed by atoms with Crippen LogP contribution in [0.2, 0.25) is 0 Å². The molecule has 2 rings (SSSR count). The summed E-state index contributed by atoms with van der Waals surface area (Å²) >= 11 is 0. The molecule has 0 aliphatic carbocycles. The summed E-state index contributed by atoms with van der Waals surface area (Å²) in [6.07, 6.45) is 0.359. The van der Waals surface area contributed by atoms with Crippen molar-refractivity contribution in [1.82, 2.24) is 0 Å². The molecule has 3 nitrogen and oxygen atoms in total. The van der Waals surface area contributed by atoms with Gasteiger partial charge in [-0.1, -0.05) is 24.3 Å². The highest BCUT2D eigenvalue weighted by Crippen LogP contribution is 2.25. The number of rotatable bonds is 4. The zero-order chi connectivity index (χ0) is 15.4. The SMILES string of the molecule is COc1ccc(C)cc1NC(=O)Cc1ccc(C)c(C)c1. The molecule has 3 heteroatoms. The molecule has 0 saturated heterocycles. The lowest BCUT2D eigenvalue weighted by Crippen LogP contribution is -2.15. The Morgan fingerprint density at radius 3 is 2.48 bits per heavy atom. The van der Waals surface area contributed by atoms with E-state index in [1.54, 1.807) is 7.11 Å². The molecule has 0 spiro atoms. The van der Waals surface area contributed by atoms with Crippen molar-refractivity contribution in [3.05, 3.63) is 58.7 Å². The second-order valence-electron chi connectivity index (χ2n) is 5.35. The predicted octanol–water partition coefficient (Wildman–Crippen LogP) is 3.80. The van der Waals surface area contributed by atoms with Crippen molar-refractivity contribution < 1.29 is 9.53 Å². The molecule has 0 heterocycles. The third-order valence-electron chi connectivity index (χ3n) is 3.57. The average Bonchev–Trinajstić information content (AvgIpc) is 2.43. The van der Waals surface area contributed by atoms with Gasteiger partial charge in [0.05, 0.1) is 19.2 Å². The third-order valence-corrected chi connectivity index (χ3v) is 3.57. The van der Waals surface area contributed by atoms with Crippen LogP contribution in [-0.2, 0) is 11.2 Å². The van der Waals surface area contributed by atoms with Crippen LogP contribution >= 0.6 is 0 Å². The summed E-state index contributed by atoms with van der Waals surface area (Å²) < 4.78 is 5.27. The minimum atomic E-state index is -0.0397. The largest absolute Gasteiger partial charge is 0.495 e. The van der Waals surface area contributed by atoms with Crippen LogP contribution in [0.25, 0.3) is 0 Å². The molecule has 0 saturated carbocycles. The first kappa shape index (κ1) is 15.1. The number of methoxy groups -OCH3 is 1. The highest BCUT2D eigenvalue weighted by Gasteiger charge is 2.09. The van der Waals surface area contributed by atoms with Gasteiger partial charge in [0.25, 0.3) is 0 Å². The van der Waals surface area contributed by atoms with Crippen molar-refractivity contribution in [1.29, 1.82) is 0 Å². The van der Waals surface area contributed by atoms with Crippen molar-refractivity contribution in [2.45, 2.75) is 27.2 Å². The van der Waals surface area contributed by atoms with Crippen molar-refractivity contribution >= 4 is 11.6 Å². The molecule has 0 aromatic heterocycles. The van der Waals surface area contributed by atoms with Gasteiger partial charge in [0, 0.05) is 0 Å². The second-order valence-corrected chi connectivity index (χ2v) is 5.35. The zero-order valence-corrected chi connectivity index (χ0v) is 13.0. The molecule has 0 unspecified atom stereocenters. The Bertz CT molecular complexity index is 662. The number of hydrogen-bond donors (Lipinski definition) is 1. The summed E-state index contributed by atoms with van der Waals surface area (Å²) in [6, 6.07) is 11.8. The van der Waals surface area contributed by atoms with Crippen molar-refractivity contribution in [2.75, 3.05) is 12.4 Å². The minimum absolute atomic E-state index is 0.0397. The fourth-order valence-corrected chi connectivity index (χ4v) is 2.21. The Morgan fingerprint density at radius 1 is 1.05 bits per heavy atom. The number of amides is 1. The first-order chi connectivity index (χ1) is 9.99. The van der Waals surface area contributed by atoms with Crippen LogP contribution < -0.4 is 10.1 Å². The maximum Gasteiger partial charge on any atom is 0.228 e. The van der Waals surface area contributed by atoms with E-state index in [0.29, 0.717) is 17.9 Å². The quantitative estimate of drug-likeness (QED) is 0.926. The molecular formula is C18H21NO2. The molecule has 2 aromatic rings. The Balaban J connectivity index is 2.11. The number of aryl methyl sites for hydroxylation is 3. The van der Waals surface area contributed by atoms with Crippen LogP contribution in [0.1, 0.15) is 22.3 Å². The Morgan fingerprint density at radius 2 is 1.81 bits per heavy atom. The van der Waals surface area contributed by atoms with Crippen LogP contribution in [0, 0.1) is 20.8 Å². The summed E-state index contributed by atoms with van der Waals surface area (Å²) in [6.45, 7) is 6.11. The molecule has 1 amide bonds. The van der Waals surface area contributed by atoms with Crippen molar-refractivity contribution in [2.24, 2.45) is 0 Å². The van der Waals surface area contributed by atoms with E-state index in [0.717, 1.165) is 11.1 Å². The Kier molecular flexibility index (Phi) is 4.63. The number of benzene rings is 2. The summed E-state index contributed by atoms with van der Waals surface area (Å²) in [5, 5.41) is 2.92.